The predicted octanol–water partition coefficient (Wildman–Crippen LogP) is 6.03. The molecule has 0 amide bonds. The van der Waals surface area contributed by atoms with Gasteiger partial charge in [0.25, 0.3) is 0 Å². The molecule has 0 saturated carbocycles. The van der Waals surface area contributed by atoms with Crippen LogP contribution < -0.4 is 0 Å². The van der Waals surface area contributed by atoms with E-state index in [1.807, 2.05) is 40.0 Å². The lowest BCUT2D eigenvalue weighted by molar-refractivity contribution is 0.368. The van der Waals surface area contributed by atoms with Gasteiger partial charge in [-0.05, 0) is 36.8 Å². The van der Waals surface area contributed by atoms with Gasteiger partial charge in [0.05, 0.1) is 23.8 Å². The topological polar surface area (TPSA) is 74.3 Å². The average molecular weight is 438 g/mol. The second kappa shape index (κ2) is 12.5. The molecule has 3 heterocycles. The Morgan fingerprint density at radius 3 is 1.56 bits per heavy atom. The van der Waals surface area contributed by atoms with Crippen LogP contribution in [0.15, 0.2) is 30.6 Å². The van der Waals surface area contributed by atoms with Crippen molar-refractivity contribution < 1.29 is 0 Å². The number of hydrogen-bond donors (Lipinski definition) is 0. The summed E-state index contributed by atoms with van der Waals surface area (Å²) in [6.07, 6.45) is 13.8. The lowest BCUT2D eigenvalue weighted by atomic mass is 9.99. The summed E-state index contributed by atoms with van der Waals surface area (Å²) in [5.41, 5.74) is 3.24. The fourth-order valence-electron chi connectivity index (χ4n) is 4.09. The molecule has 174 valence electrons. The molecular weight excluding hydrogens is 398 g/mol. The summed E-state index contributed by atoms with van der Waals surface area (Å²) < 4.78 is 3.93. The first-order valence-electron chi connectivity index (χ1n) is 12.4. The van der Waals surface area contributed by atoms with Gasteiger partial charge in [-0.25, -0.2) is 4.98 Å². The zero-order valence-corrected chi connectivity index (χ0v) is 20.2. The average Bonchev–Trinajstić information content (AvgIpc) is 3.49. The Balaban J connectivity index is 1.69. The first kappa shape index (κ1) is 24.1. The summed E-state index contributed by atoms with van der Waals surface area (Å²) in [6.45, 7) is 10.8. The highest BCUT2D eigenvalue weighted by molar-refractivity contribution is 5.60. The summed E-state index contributed by atoms with van der Waals surface area (Å²) in [4.78, 5) is 4.81. The first-order chi connectivity index (χ1) is 15.7. The molecule has 3 rings (SSSR count). The van der Waals surface area contributed by atoms with Crippen LogP contribution in [0.25, 0.3) is 22.8 Å². The third-order valence-electron chi connectivity index (χ3n) is 6.33. The summed E-state index contributed by atoms with van der Waals surface area (Å²) in [6, 6.07) is 5.96. The van der Waals surface area contributed by atoms with E-state index in [4.69, 9.17) is 4.98 Å². The summed E-state index contributed by atoms with van der Waals surface area (Å²) >= 11 is 0. The molecule has 2 atom stereocenters. The maximum absolute atomic E-state index is 4.81. The van der Waals surface area contributed by atoms with E-state index in [0.717, 1.165) is 48.7 Å². The summed E-state index contributed by atoms with van der Waals surface area (Å²) in [7, 11) is 0. The van der Waals surface area contributed by atoms with Crippen molar-refractivity contribution in [3.63, 3.8) is 0 Å². The number of aromatic nitrogens is 7. The molecule has 3 aromatic heterocycles. The van der Waals surface area contributed by atoms with Crippen LogP contribution >= 0.6 is 0 Å². The molecule has 32 heavy (non-hydrogen) atoms. The largest absolute Gasteiger partial charge is 0.252 e. The van der Waals surface area contributed by atoms with Crippen LogP contribution in [0.5, 0.6) is 0 Å². The van der Waals surface area contributed by atoms with Crippen molar-refractivity contribution in [3.8, 4) is 22.8 Å². The molecule has 0 saturated heterocycles. The maximum atomic E-state index is 4.81. The van der Waals surface area contributed by atoms with Crippen molar-refractivity contribution in [2.24, 2.45) is 11.8 Å². The number of rotatable bonds is 14. The molecule has 3 aromatic rings. The van der Waals surface area contributed by atoms with Gasteiger partial charge in [0.15, 0.2) is 0 Å². The van der Waals surface area contributed by atoms with E-state index in [-0.39, 0.29) is 0 Å². The van der Waals surface area contributed by atoms with E-state index in [1.165, 1.54) is 38.5 Å². The van der Waals surface area contributed by atoms with E-state index < -0.39 is 0 Å². The van der Waals surface area contributed by atoms with Crippen molar-refractivity contribution in [2.75, 3.05) is 0 Å². The Labute approximate surface area is 192 Å². The fraction of sp³-hybridized carbons (Fsp3) is 0.640. The van der Waals surface area contributed by atoms with Crippen LogP contribution in [0.3, 0.4) is 0 Å². The monoisotopic (exact) mass is 437 g/mol. The van der Waals surface area contributed by atoms with Crippen molar-refractivity contribution >= 4 is 0 Å². The number of nitrogens with zero attached hydrogens (tertiary/aromatic N) is 7. The second-order valence-corrected chi connectivity index (χ2v) is 8.89. The normalized spacial score (nSPS) is 13.4. The fourth-order valence-corrected chi connectivity index (χ4v) is 4.09. The predicted molar refractivity (Wildman–Crippen MR) is 129 cm³/mol. The van der Waals surface area contributed by atoms with E-state index in [9.17, 15) is 0 Å². The minimum atomic E-state index is 0.642. The third kappa shape index (κ3) is 6.71. The Morgan fingerprint density at radius 2 is 1.16 bits per heavy atom. The highest BCUT2D eigenvalue weighted by atomic mass is 15.4. The van der Waals surface area contributed by atoms with Crippen LogP contribution in [-0.4, -0.2) is 35.0 Å². The van der Waals surface area contributed by atoms with Crippen molar-refractivity contribution in [1.29, 1.82) is 0 Å². The Bertz CT molecular complexity index is 858. The smallest absolute Gasteiger partial charge is 0.131 e. The molecule has 0 aliphatic rings. The van der Waals surface area contributed by atoms with Gasteiger partial charge in [0.2, 0.25) is 0 Å². The van der Waals surface area contributed by atoms with E-state index >= 15 is 0 Å². The molecule has 2 unspecified atom stereocenters. The van der Waals surface area contributed by atoms with Crippen LogP contribution in [0.1, 0.15) is 79.1 Å². The van der Waals surface area contributed by atoms with E-state index in [2.05, 4.69) is 48.3 Å². The number of unbranched alkanes of at least 4 members (excludes halogenated alkanes) is 2. The van der Waals surface area contributed by atoms with Crippen molar-refractivity contribution in [3.05, 3.63) is 30.6 Å². The van der Waals surface area contributed by atoms with Gasteiger partial charge in [-0.3, -0.25) is 9.36 Å². The van der Waals surface area contributed by atoms with Gasteiger partial charge in [-0.15, -0.1) is 10.2 Å². The molecule has 0 bridgehead atoms. The molecule has 0 aromatic carbocycles. The number of hydrogen-bond acceptors (Lipinski definition) is 5. The van der Waals surface area contributed by atoms with Gasteiger partial charge in [-0.2, -0.15) is 0 Å². The molecular formula is C25H39N7. The van der Waals surface area contributed by atoms with Crippen LogP contribution in [-0.2, 0) is 13.1 Å². The molecule has 0 N–H and O–H groups in total. The van der Waals surface area contributed by atoms with Gasteiger partial charge in [0.1, 0.15) is 11.4 Å². The number of pyridine rings is 1. The quantitative estimate of drug-likeness (QED) is 0.308. The molecule has 0 spiro atoms. The third-order valence-corrected chi connectivity index (χ3v) is 6.33. The van der Waals surface area contributed by atoms with Gasteiger partial charge in [0, 0.05) is 13.1 Å². The summed E-state index contributed by atoms with van der Waals surface area (Å²) in [5.74, 6) is 1.28. The first-order valence-corrected chi connectivity index (χ1v) is 12.4. The lowest BCUT2D eigenvalue weighted by Gasteiger charge is -2.13. The van der Waals surface area contributed by atoms with E-state index in [1.54, 1.807) is 0 Å². The second-order valence-electron chi connectivity index (χ2n) is 8.89. The highest BCUT2D eigenvalue weighted by Crippen LogP contribution is 2.22. The molecule has 0 fully saturated rings. The van der Waals surface area contributed by atoms with Crippen LogP contribution in [0.4, 0.5) is 0 Å². The molecule has 0 aliphatic heterocycles. The van der Waals surface area contributed by atoms with E-state index in [0.29, 0.717) is 11.8 Å². The van der Waals surface area contributed by atoms with Crippen molar-refractivity contribution in [2.45, 2.75) is 92.2 Å². The summed E-state index contributed by atoms with van der Waals surface area (Å²) in [5, 5.41) is 17.5. The van der Waals surface area contributed by atoms with Crippen LogP contribution in [0, 0.1) is 11.8 Å². The Kier molecular flexibility index (Phi) is 9.38. The Hall–Kier alpha value is -2.57. The molecule has 0 radical (unpaired) electrons. The highest BCUT2D eigenvalue weighted by Gasteiger charge is 2.13. The Morgan fingerprint density at radius 1 is 0.688 bits per heavy atom. The molecule has 7 heteroatoms. The zero-order chi connectivity index (χ0) is 22.8. The van der Waals surface area contributed by atoms with Crippen LogP contribution in [0.2, 0.25) is 0 Å². The van der Waals surface area contributed by atoms with Gasteiger partial charge < -0.3 is 0 Å². The van der Waals surface area contributed by atoms with Gasteiger partial charge >= 0.3 is 0 Å². The SMILES string of the molecule is CCCCC(CC)Cn1cc(-c2cccc(-c3cn(CC(CC)CCCC)nn3)n2)nn1. The zero-order valence-electron chi connectivity index (χ0n) is 20.2. The minimum absolute atomic E-state index is 0.642. The minimum Gasteiger partial charge on any atom is -0.252 e. The molecule has 0 aliphatic carbocycles. The maximum Gasteiger partial charge on any atom is 0.131 e. The standard InChI is InChI=1S/C25H39N7/c1-5-9-12-20(7-3)16-31-18-24(27-29-31)22-14-11-15-23(26-22)25-19-32(30-28-25)17-21(8-4)13-10-6-2/h11,14-15,18-21H,5-10,12-13,16-17H2,1-4H3. The van der Waals surface area contributed by atoms with Crippen molar-refractivity contribution in [1.82, 2.24) is 35.0 Å². The lowest BCUT2D eigenvalue weighted by Crippen LogP contribution is -2.10. The molecule has 7 nitrogen and oxygen atoms in total. The van der Waals surface area contributed by atoms with Gasteiger partial charge in [-0.1, -0.05) is 82.7 Å².